The van der Waals surface area contributed by atoms with E-state index in [1.54, 1.807) is 51.1 Å². The van der Waals surface area contributed by atoms with Gasteiger partial charge in [-0.3, -0.25) is 38.4 Å². The highest BCUT2D eigenvalue weighted by molar-refractivity contribution is 5.99. The van der Waals surface area contributed by atoms with Gasteiger partial charge in [0.2, 0.25) is 47.3 Å². The summed E-state index contributed by atoms with van der Waals surface area (Å²) in [6.45, 7) is 7.95. The molecule has 8 amide bonds. The fourth-order valence-electron chi connectivity index (χ4n) is 6.27. The minimum atomic E-state index is -1.63. The van der Waals surface area contributed by atoms with Crippen LogP contribution in [-0.4, -0.2) is 113 Å². The van der Waals surface area contributed by atoms with Crippen LogP contribution < -0.4 is 37.6 Å². The Hall–Kier alpha value is -5.06. The molecule has 2 saturated heterocycles. The lowest BCUT2D eigenvalue weighted by atomic mass is 9.96. The Morgan fingerprint density at radius 1 is 0.792 bits per heavy atom. The maximum absolute atomic E-state index is 14.1. The summed E-state index contributed by atoms with van der Waals surface area (Å²) in [7, 11) is 0. The van der Waals surface area contributed by atoms with Crippen molar-refractivity contribution in [3.05, 3.63) is 35.9 Å². The van der Waals surface area contributed by atoms with Crippen molar-refractivity contribution in [1.29, 1.82) is 0 Å². The summed E-state index contributed by atoms with van der Waals surface area (Å²) in [6.07, 6.45) is 0.638. The van der Waals surface area contributed by atoms with E-state index >= 15 is 0 Å². The summed E-state index contributed by atoms with van der Waals surface area (Å²) in [6, 6.07) is -0.237. The van der Waals surface area contributed by atoms with Gasteiger partial charge in [-0.25, -0.2) is 0 Å². The van der Waals surface area contributed by atoms with Gasteiger partial charge in [0.05, 0.1) is 13.0 Å². The molecule has 2 heterocycles. The molecule has 53 heavy (non-hydrogen) atoms. The second-order valence-electron chi connectivity index (χ2n) is 14.2. The van der Waals surface area contributed by atoms with Crippen molar-refractivity contribution >= 4 is 47.3 Å². The molecule has 1 aromatic carbocycles. The normalized spacial score (nSPS) is 27.6. The number of benzene rings is 1. The smallest absolute Gasteiger partial charge is 0.246 e. The summed E-state index contributed by atoms with van der Waals surface area (Å²) in [4.78, 5) is 109. The van der Waals surface area contributed by atoms with E-state index in [4.69, 9.17) is 5.73 Å². The molecule has 17 heteroatoms. The number of primary amides is 1. The summed E-state index contributed by atoms with van der Waals surface area (Å²) >= 11 is 0. The Kier molecular flexibility index (Phi) is 15.7. The summed E-state index contributed by atoms with van der Waals surface area (Å²) < 4.78 is 0. The number of carbonyl (C=O) groups excluding carboxylic acids is 8. The van der Waals surface area contributed by atoms with Gasteiger partial charge in [0.1, 0.15) is 42.3 Å². The Bertz CT molecular complexity index is 1510. The minimum Gasteiger partial charge on any atom is -0.394 e. The van der Waals surface area contributed by atoms with Crippen LogP contribution in [0.5, 0.6) is 0 Å². The molecule has 2 fully saturated rings. The van der Waals surface area contributed by atoms with Crippen LogP contribution in [0.2, 0.25) is 0 Å². The van der Waals surface area contributed by atoms with Gasteiger partial charge in [0, 0.05) is 13.0 Å². The number of nitrogens with one attached hydrogen (secondary N) is 6. The van der Waals surface area contributed by atoms with Crippen molar-refractivity contribution in [2.45, 2.75) is 115 Å². The summed E-state index contributed by atoms with van der Waals surface area (Å²) in [5, 5.41) is 25.4. The van der Waals surface area contributed by atoms with Crippen LogP contribution in [0.1, 0.15) is 72.3 Å². The van der Waals surface area contributed by atoms with Crippen molar-refractivity contribution < 1.29 is 43.5 Å². The Balaban J connectivity index is 2.08. The molecular formula is C36H54N8O9. The lowest BCUT2D eigenvalue weighted by molar-refractivity contribution is -0.143. The van der Waals surface area contributed by atoms with Gasteiger partial charge >= 0.3 is 0 Å². The number of rotatable bonds is 9. The van der Waals surface area contributed by atoms with E-state index < -0.39 is 103 Å². The van der Waals surface area contributed by atoms with Gasteiger partial charge in [-0.05, 0) is 43.6 Å². The average molecular weight is 743 g/mol. The third-order valence-corrected chi connectivity index (χ3v) is 9.48. The molecule has 0 spiro atoms. The molecule has 9 N–H and O–H groups in total. The zero-order valence-electron chi connectivity index (χ0n) is 31.0. The van der Waals surface area contributed by atoms with Crippen molar-refractivity contribution in [1.82, 2.24) is 36.8 Å². The van der Waals surface area contributed by atoms with Gasteiger partial charge in [0.15, 0.2) is 0 Å². The molecule has 0 aromatic heterocycles. The molecule has 8 atom stereocenters. The topological polar surface area (TPSA) is 258 Å². The van der Waals surface area contributed by atoms with Crippen molar-refractivity contribution in [2.24, 2.45) is 17.6 Å². The quantitative estimate of drug-likeness (QED) is 0.141. The molecule has 0 aliphatic carbocycles. The number of nitrogens with zero attached hydrogens (tertiary/aromatic N) is 1. The second kappa shape index (κ2) is 19.7. The number of amides is 8. The van der Waals surface area contributed by atoms with E-state index in [1.807, 2.05) is 6.92 Å². The van der Waals surface area contributed by atoms with Crippen molar-refractivity contribution in [2.75, 3.05) is 13.2 Å². The number of nitrogens with two attached hydrogens (primary N) is 1. The fraction of sp³-hybridized carbons (Fsp3) is 0.611. The molecule has 0 radical (unpaired) electrons. The van der Waals surface area contributed by atoms with Crippen LogP contribution in [0.3, 0.4) is 0 Å². The van der Waals surface area contributed by atoms with E-state index in [2.05, 4.69) is 31.9 Å². The first-order chi connectivity index (χ1) is 25.1. The highest BCUT2D eigenvalue weighted by atomic mass is 16.3. The average Bonchev–Trinajstić information content (AvgIpc) is 3.61. The van der Waals surface area contributed by atoms with Crippen LogP contribution in [0.15, 0.2) is 30.3 Å². The summed E-state index contributed by atoms with van der Waals surface area (Å²) in [5.74, 6) is -6.85. The molecule has 2 aliphatic rings. The third kappa shape index (κ3) is 12.0. The first kappa shape index (κ1) is 42.4. The number of carbonyl (C=O) groups is 8. The number of fused-ring (bicyclic) bond motifs is 1. The van der Waals surface area contributed by atoms with E-state index in [9.17, 15) is 43.5 Å². The first-order valence-corrected chi connectivity index (χ1v) is 18.1. The molecular weight excluding hydrogens is 688 g/mol. The van der Waals surface area contributed by atoms with Crippen LogP contribution in [-0.2, 0) is 44.8 Å². The predicted octanol–water partition coefficient (Wildman–Crippen LogP) is -1.88. The highest BCUT2D eigenvalue weighted by Crippen LogP contribution is 2.22. The van der Waals surface area contributed by atoms with Gasteiger partial charge in [-0.2, -0.15) is 0 Å². The number of aliphatic hydroxyl groups excluding tert-OH is 1. The van der Waals surface area contributed by atoms with Crippen LogP contribution in [0.25, 0.3) is 0 Å². The second-order valence-corrected chi connectivity index (χ2v) is 14.2. The Morgan fingerprint density at radius 3 is 1.96 bits per heavy atom. The summed E-state index contributed by atoms with van der Waals surface area (Å²) in [5.41, 5.74) is 6.06. The van der Waals surface area contributed by atoms with E-state index in [-0.39, 0.29) is 37.6 Å². The largest absolute Gasteiger partial charge is 0.394 e. The Labute approximate surface area is 309 Å². The third-order valence-electron chi connectivity index (χ3n) is 9.48. The molecule has 0 bridgehead atoms. The van der Waals surface area contributed by atoms with Crippen molar-refractivity contribution in [3.63, 3.8) is 0 Å². The van der Waals surface area contributed by atoms with Crippen LogP contribution in [0, 0.1) is 11.8 Å². The fourth-order valence-corrected chi connectivity index (χ4v) is 6.27. The lowest BCUT2D eigenvalue weighted by Crippen LogP contribution is -2.60. The number of aliphatic hydroxyl groups is 1. The lowest BCUT2D eigenvalue weighted by Gasteiger charge is -2.32. The molecule has 1 aromatic rings. The molecule has 17 nitrogen and oxygen atoms in total. The standard InChI is InChI=1S/C36H54N8O9/c1-6-20(4)29-36(53)44-14-10-13-27(44)35(52)41-24(16-22-11-8-7-9-12-22)32(49)40-25(17-28(37)46)33(50)42-26(18-45)34(51)39-23(15-19(2)3)31(48)38-21(5)30(47)43-29/h7-9,11-12,19-21,23-27,29,45H,6,10,13-18H2,1-5H3,(H2,37,46)(H,38,48)(H,39,51)(H,40,49)(H,41,52)(H,42,50)(H,43,47)/t20-,21-,23-,24-,25-,26-,27-,29-/m0/s1. The van der Waals surface area contributed by atoms with E-state index in [0.29, 0.717) is 18.4 Å². The Morgan fingerprint density at radius 2 is 1.36 bits per heavy atom. The number of hydrogen-bond acceptors (Lipinski definition) is 9. The molecule has 0 saturated carbocycles. The molecule has 2 aliphatic heterocycles. The van der Waals surface area contributed by atoms with Crippen LogP contribution in [0.4, 0.5) is 0 Å². The minimum absolute atomic E-state index is 0.0344. The molecule has 292 valence electrons. The van der Waals surface area contributed by atoms with Gasteiger partial charge in [-0.1, -0.05) is 64.4 Å². The monoisotopic (exact) mass is 742 g/mol. The molecule has 3 rings (SSSR count). The number of hydrogen-bond donors (Lipinski definition) is 8. The zero-order valence-corrected chi connectivity index (χ0v) is 31.0. The maximum Gasteiger partial charge on any atom is 0.246 e. The van der Waals surface area contributed by atoms with Crippen LogP contribution >= 0.6 is 0 Å². The van der Waals surface area contributed by atoms with E-state index in [0.717, 1.165) is 0 Å². The predicted molar refractivity (Wildman–Crippen MR) is 192 cm³/mol. The SMILES string of the molecule is CC[C@H](C)[C@@H]1NC(=O)[C@H](C)NC(=O)[C@H](CC(C)C)NC(=O)[C@H](CO)NC(=O)[C@H](CC(N)=O)NC(=O)[C@H](Cc2ccccc2)NC(=O)[C@@H]2CCCN2C1=O. The maximum atomic E-state index is 14.1. The van der Waals surface area contributed by atoms with Gasteiger partial charge in [-0.15, -0.1) is 0 Å². The van der Waals surface area contributed by atoms with Crippen molar-refractivity contribution in [3.8, 4) is 0 Å². The molecule has 0 unspecified atom stereocenters. The van der Waals surface area contributed by atoms with Gasteiger partial charge < -0.3 is 47.6 Å². The zero-order chi connectivity index (χ0) is 39.4. The highest BCUT2D eigenvalue weighted by Gasteiger charge is 2.41. The first-order valence-electron chi connectivity index (χ1n) is 18.1. The van der Waals surface area contributed by atoms with Gasteiger partial charge in [0.25, 0.3) is 0 Å². The van der Waals surface area contributed by atoms with E-state index in [1.165, 1.54) is 11.8 Å².